The first-order valence-electron chi connectivity index (χ1n) is 11.2. The van der Waals surface area contributed by atoms with Crippen molar-refractivity contribution in [3.63, 3.8) is 0 Å². The van der Waals surface area contributed by atoms with E-state index in [0.717, 1.165) is 19.3 Å². The van der Waals surface area contributed by atoms with Crippen LogP contribution in [0.4, 0.5) is 17.1 Å². The number of anilines is 1. The molecule has 0 radical (unpaired) electrons. The van der Waals surface area contributed by atoms with Gasteiger partial charge in [0.15, 0.2) is 0 Å². The highest BCUT2D eigenvalue weighted by molar-refractivity contribution is 6.06. The number of carbonyl (C=O) groups excluding carboxylic acids is 1. The standard InChI is InChI=1S/C22H25N5O6/c1-2-33-16-3-4-17(18(8-16)26(29)30)23-21(28)20-19(27(31)32)12-25(24-20)22-9-13-5-14(10-22)7-15(6-13)11-22/h3-4,8,12-15H,2,5-7,9-11H2,1H3,(H,23,28). The van der Waals surface area contributed by atoms with Crippen LogP contribution in [0.15, 0.2) is 24.4 Å². The first-order valence-corrected chi connectivity index (χ1v) is 11.2. The first-order chi connectivity index (χ1) is 15.8. The summed E-state index contributed by atoms with van der Waals surface area (Å²) in [6, 6.07) is 4.05. The molecule has 4 bridgehead atoms. The van der Waals surface area contributed by atoms with Crippen LogP contribution in [-0.2, 0) is 5.54 Å². The second-order valence-corrected chi connectivity index (χ2v) is 9.53. The lowest BCUT2D eigenvalue weighted by molar-refractivity contribution is -0.385. The number of aromatic nitrogens is 2. The van der Waals surface area contributed by atoms with Crippen LogP contribution in [0.25, 0.3) is 0 Å². The number of nitrogens with one attached hydrogen (secondary N) is 1. The number of benzene rings is 1. The van der Waals surface area contributed by atoms with Crippen molar-refractivity contribution in [3.05, 3.63) is 50.3 Å². The summed E-state index contributed by atoms with van der Waals surface area (Å²) in [6.07, 6.45) is 7.75. The minimum Gasteiger partial charge on any atom is -0.494 e. The molecule has 1 heterocycles. The van der Waals surface area contributed by atoms with E-state index in [1.54, 1.807) is 11.6 Å². The molecule has 11 heteroatoms. The lowest BCUT2D eigenvalue weighted by Gasteiger charge is -2.56. The average Bonchev–Trinajstić information content (AvgIpc) is 3.21. The van der Waals surface area contributed by atoms with Crippen molar-refractivity contribution >= 4 is 23.0 Å². The third-order valence-electron chi connectivity index (χ3n) is 7.32. The van der Waals surface area contributed by atoms with Crippen LogP contribution in [-0.4, -0.2) is 32.1 Å². The van der Waals surface area contributed by atoms with Gasteiger partial charge in [-0.25, -0.2) is 0 Å². The summed E-state index contributed by atoms with van der Waals surface area (Å²) in [5.41, 5.74) is -1.45. The molecule has 1 aromatic heterocycles. The van der Waals surface area contributed by atoms with E-state index in [9.17, 15) is 25.0 Å². The normalized spacial score (nSPS) is 27.4. The van der Waals surface area contributed by atoms with Gasteiger partial charge in [0.05, 0.1) is 28.1 Å². The van der Waals surface area contributed by atoms with Gasteiger partial charge in [-0.3, -0.25) is 29.7 Å². The third-order valence-corrected chi connectivity index (χ3v) is 7.32. The lowest BCUT2D eigenvalue weighted by Crippen LogP contribution is -2.52. The monoisotopic (exact) mass is 455 g/mol. The molecule has 4 aliphatic rings. The fourth-order valence-corrected chi connectivity index (χ4v) is 6.45. The van der Waals surface area contributed by atoms with Gasteiger partial charge in [0.1, 0.15) is 17.6 Å². The second-order valence-electron chi connectivity index (χ2n) is 9.53. The minimum atomic E-state index is -0.850. The van der Waals surface area contributed by atoms with Crippen LogP contribution in [0.1, 0.15) is 55.9 Å². The number of ether oxygens (including phenoxy) is 1. The third kappa shape index (κ3) is 3.70. The molecule has 0 aliphatic heterocycles. The van der Waals surface area contributed by atoms with Gasteiger partial charge < -0.3 is 10.1 Å². The summed E-state index contributed by atoms with van der Waals surface area (Å²) in [5.74, 6) is 1.24. The van der Waals surface area contributed by atoms with Crippen molar-refractivity contribution in [2.75, 3.05) is 11.9 Å². The number of amides is 1. The summed E-state index contributed by atoms with van der Waals surface area (Å²) >= 11 is 0. The predicted octanol–water partition coefficient (Wildman–Crippen LogP) is 4.28. The quantitative estimate of drug-likeness (QED) is 0.485. The zero-order valence-corrected chi connectivity index (χ0v) is 18.2. The maximum Gasteiger partial charge on any atom is 0.320 e. The number of carbonyl (C=O) groups is 1. The van der Waals surface area contributed by atoms with Crippen LogP contribution in [0, 0.1) is 38.0 Å². The van der Waals surface area contributed by atoms with E-state index in [-0.39, 0.29) is 22.6 Å². The van der Waals surface area contributed by atoms with Gasteiger partial charge in [-0.1, -0.05) is 0 Å². The Morgan fingerprint density at radius 1 is 1.12 bits per heavy atom. The van der Waals surface area contributed by atoms with Crippen LogP contribution in [0.2, 0.25) is 0 Å². The molecule has 1 amide bonds. The minimum absolute atomic E-state index is 0.0768. The highest BCUT2D eigenvalue weighted by atomic mass is 16.6. The molecule has 33 heavy (non-hydrogen) atoms. The van der Waals surface area contributed by atoms with Gasteiger partial charge in [0, 0.05) is 0 Å². The Hall–Kier alpha value is -3.50. The maximum absolute atomic E-state index is 13.0. The van der Waals surface area contributed by atoms with E-state index in [4.69, 9.17) is 4.74 Å². The summed E-state index contributed by atoms with van der Waals surface area (Å²) < 4.78 is 6.94. The molecule has 0 atom stereocenters. The number of nitrogens with zero attached hydrogens (tertiary/aromatic N) is 4. The highest BCUT2D eigenvalue weighted by Crippen LogP contribution is 2.58. The largest absolute Gasteiger partial charge is 0.494 e. The second kappa shape index (κ2) is 7.82. The number of nitro benzene ring substituents is 1. The van der Waals surface area contributed by atoms with Gasteiger partial charge in [-0.05, 0) is 75.3 Å². The van der Waals surface area contributed by atoms with Crippen molar-refractivity contribution in [1.29, 1.82) is 0 Å². The highest BCUT2D eigenvalue weighted by Gasteiger charge is 2.53. The van der Waals surface area contributed by atoms with E-state index in [1.165, 1.54) is 43.7 Å². The number of hydrogen-bond acceptors (Lipinski definition) is 7. The van der Waals surface area contributed by atoms with Crippen molar-refractivity contribution in [1.82, 2.24) is 9.78 Å². The lowest BCUT2D eigenvalue weighted by atomic mass is 9.53. The van der Waals surface area contributed by atoms with Crippen molar-refractivity contribution < 1.29 is 19.4 Å². The van der Waals surface area contributed by atoms with E-state index in [0.29, 0.717) is 30.1 Å². The van der Waals surface area contributed by atoms with Gasteiger partial charge in [-0.15, -0.1) is 0 Å². The summed E-state index contributed by atoms with van der Waals surface area (Å²) in [6.45, 7) is 2.08. The zero-order chi connectivity index (χ0) is 23.3. The van der Waals surface area contributed by atoms with Crippen LogP contribution >= 0.6 is 0 Å². The average molecular weight is 455 g/mol. The molecule has 4 fully saturated rings. The van der Waals surface area contributed by atoms with E-state index >= 15 is 0 Å². The Bertz CT molecular complexity index is 1110. The summed E-state index contributed by atoms with van der Waals surface area (Å²) in [4.78, 5) is 35.0. The Morgan fingerprint density at radius 3 is 2.27 bits per heavy atom. The smallest absolute Gasteiger partial charge is 0.320 e. The predicted molar refractivity (Wildman–Crippen MR) is 117 cm³/mol. The molecule has 0 unspecified atom stereocenters. The fraction of sp³-hybridized carbons (Fsp3) is 0.545. The first kappa shape index (κ1) is 21.4. The Balaban J connectivity index is 1.46. The van der Waals surface area contributed by atoms with Crippen molar-refractivity contribution in [3.8, 4) is 5.75 Å². The molecular formula is C22H25N5O6. The number of nitro groups is 2. The van der Waals surface area contributed by atoms with Crippen molar-refractivity contribution in [2.24, 2.45) is 17.8 Å². The molecule has 0 saturated heterocycles. The van der Waals surface area contributed by atoms with E-state index in [1.807, 2.05) is 0 Å². The SMILES string of the molecule is CCOc1ccc(NC(=O)c2nn(C34CC5CC(CC(C5)C3)C4)cc2[N+](=O)[O-])c([N+](=O)[O-])c1. The fourth-order valence-electron chi connectivity index (χ4n) is 6.45. The van der Waals surface area contributed by atoms with E-state index in [2.05, 4.69) is 10.4 Å². The summed E-state index contributed by atoms with van der Waals surface area (Å²) in [7, 11) is 0. The van der Waals surface area contributed by atoms with Crippen LogP contribution < -0.4 is 10.1 Å². The number of hydrogen-bond donors (Lipinski definition) is 1. The topological polar surface area (TPSA) is 142 Å². The molecule has 2 aromatic rings. The van der Waals surface area contributed by atoms with E-state index < -0.39 is 21.4 Å². The molecule has 4 aliphatic carbocycles. The van der Waals surface area contributed by atoms with Gasteiger partial charge >= 0.3 is 5.69 Å². The van der Waals surface area contributed by atoms with Crippen molar-refractivity contribution in [2.45, 2.75) is 51.0 Å². The summed E-state index contributed by atoms with van der Waals surface area (Å²) in [5, 5.41) is 30.1. The molecule has 6 rings (SSSR count). The zero-order valence-electron chi connectivity index (χ0n) is 18.2. The molecule has 11 nitrogen and oxygen atoms in total. The van der Waals surface area contributed by atoms with Gasteiger partial charge in [0.25, 0.3) is 11.6 Å². The van der Waals surface area contributed by atoms with Gasteiger partial charge in [-0.2, -0.15) is 5.10 Å². The molecule has 1 aromatic carbocycles. The van der Waals surface area contributed by atoms with Gasteiger partial charge in [0.2, 0.25) is 5.69 Å². The maximum atomic E-state index is 13.0. The van der Waals surface area contributed by atoms with Crippen LogP contribution in [0.3, 0.4) is 0 Å². The van der Waals surface area contributed by atoms with Crippen LogP contribution in [0.5, 0.6) is 5.75 Å². The Labute approximate surface area is 189 Å². The molecule has 1 N–H and O–H groups in total. The number of rotatable bonds is 7. The Kier molecular flexibility index (Phi) is 5.06. The Morgan fingerprint density at radius 2 is 1.73 bits per heavy atom. The molecule has 0 spiro atoms. The molecule has 174 valence electrons. The molecule has 4 saturated carbocycles. The molecular weight excluding hydrogens is 430 g/mol.